The Kier molecular flexibility index (Phi) is 6.33. The fourth-order valence-electron chi connectivity index (χ4n) is 1.50. The van der Waals surface area contributed by atoms with E-state index >= 15 is 0 Å². The van der Waals surface area contributed by atoms with Gasteiger partial charge in [0.25, 0.3) is 0 Å². The summed E-state index contributed by atoms with van der Waals surface area (Å²) < 4.78 is 10.3. The monoisotopic (exact) mass is 296 g/mol. The van der Waals surface area contributed by atoms with E-state index in [0.29, 0.717) is 5.57 Å². The Morgan fingerprint density at radius 3 is 2.71 bits per heavy atom. The van der Waals surface area contributed by atoms with Gasteiger partial charge in [0, 0.05) is 11.6 Å². The summed E-state index contributed by atoms with van der Waals surface area (Å²) in [5.74, 6) is -1.08. The third kappa shape index (κ3) is 5.17. The van der Waals surface area contributed by atoms with Gasteiger partial charge in [-0.2, -0.15) is 0 Å². The Hall–Kier alpha value is -1.92. The molecule has 0 bridgehead atoms. The molecule has 0 aromatic heterocycles. The number of hydrogen-bond acceptors (Lipinski definition) is 6. The molecule has 0 spiro atoms. The maximum Gasteiger partial charge on any atom is 0.334 e. The number of hydrogen-bond donors (Lipinski definition) is 2. The van der Waals surface area contributed by atoms with Gasteiger partial charge in [-0.1, -0.05) is 12.2 Å². The van der Waals surface area contributed by atoms with Gasteiger partial charge < -0.3 is 19.7 Å². The average molecular weight is 296 g/mol. The highest BCUT2D eigenvalue weighted by Gasteiger charge is 2.28. The molecule has 1 aliphatic heterocycles. The lowest BCUT2D eigenvalue weighted by molar-refractivity contribution is -0.157. The molecule has 0 aliphatic carbocycles. The van der Waals surface area contributed by atoms with Crippen LogP contribution in [0.4, 0.5) is 0 Å². The molecule has 21 heavy (non-hydrogen) atoms. The zero-order valence-electron chi connectivity index (χ0n) is 12.2. The van der Waals surface area contributed by atoms with Crippen molar-refractivity contribution in [2.45, 2.75) is 45.2 Å². The molecule has 116 valence electrons. The molecular formula is C15H20O6. The van der Waals surface area contributed by atoms with E-state index in [9.17, 15) is 19.8 Å². The van der Waals surface area contributed by atoms with Crippen molar-refractivity contribution in [1.29, 1.82) is 0 Å². The van der Waals surface area contributed by atoms with Crippen molar-refractivity contribution in [3.63, 3.8) is 0 Å². The summed E-state index contributed by atoms with van der Waals surface area (Å²) in [7, 11) is 0. The first-order chi connectivity index (χ1) is 9.85. The number of carbonyl (C=O) groups is 2. The molecule has 0 unspecified atom stereocenters. The van der Waals surface area contributed by atoms with Crippen LogP contribution in [0.3, 0.4) is 0 Å². The molecule has 1 heterocycles. The average Bonchev–Trinajstić information content (AvgIpc) is 2.45. The molecule has 1 aliphatic rings. The summed E-state index contributed by atoms with van der Waals surface area (Å²) in [5.41, 5.74) is 0.437. The predicted octanol–water partition coefficient (Wildman–Crippen LogP) is 0.644. The first kappa shape index (κ1) is 17.1. The van der Waals surface area contributed by atoms with Crippen molar-refractivity contribution in [2.24, 2.45) is 0 Å². The first-order valence-corrected chi connectivity index (χ1v) is 6.62. The number of cyclic esters (lactones) is 1. The van der Waals surface area contributed by atoms with E-state index in [4.69, 9.17) is 9.47 Å². The van der Waals surface area contributed by atoms with Gasteiger partial charge in [-0.15, -0.1) is 0 Å². The summed E-state index contributed by atoms with van der Waals surface area (Å²) in [6.45, 7) is 4.75. The van der Waals surface area contributed by atoms with Crippen molar-refractivity contribution in [3.8, 4) is 0 Å². The third-order valence-corrected chi connectivity index (χ3v) is 2.99. The van der Waals surface area contributed by atoms with Gasteiger partial charge in [0.05, 0.1) is 12.2 Å². The van der Waals surface area contributed by atoms with E-state index in [1.165, 1.54) is 31.2 Å². The van der Waals surface area contributed by atoms with Crippen LogP contribution >= 0.6 is 0 Å². The number of rotatable bonds is 5. The molecule has 0 aromatic carbocycles. The van der Waals surface area contributed by atoms with Crippen molar-refractivity contribution in [2.75, 3.05) is 0 Å². The Morgan fingerprint density at radius 2 is 2.14 bits per heavy atom. The van der Waals surface area contributed by atoms with Gasteiger partial charge in [-0.05, 0) is 32.9 Å². The highest BCUT2D eigenvalue weighted by molar-refractivity contribution is 5.88. The van der Waals surface area contributed by atoms with E-state index in [0.717, 1.165) is 0 Å². The number of aliphatic hydroxyl groups is 2. The van der Waals surface area contributed by atoms with E-state index in [1.807, 2.05) is 0 Å². The van der Waals surface area contributed by atoms with Crippen molar-refractivity contribution in [3.05, 3.63) is 36.0 Å². The molecule has 2 N–H and O–H groups in total. The Bertz CT molecular complexity index is 475. The quantitative estimate of drug-likeness (QED) is 0.439. The summed E-state index contributed by atoms with van der Waals surface area (Å²) in [6, 6.07) is 0. The van der Waals surface area contributed by atoms with Crippen LogP contribution in [0, 0.1) is 0 Å². The van der Waals surface area contributed by atoms with Gasteiger partial charge in [0.15, 0.2) is 12.2 Å². The van der Waals surface area contributed by atoms with Gasteiger partial charge in [0.2, 0.25) is 0 Å². The van der Waals surface area contributed by atoms with Crippen molar-refractivity contribution in [1.82, 2.24) is 0 Å². The normalized spacial score (nSPS) is 25.6. The van der Waals surface area contributed by atoms with Crippen LogP contribution in [-0.4, -0.2) is 46.6 Å². The Morgan fingerprint density at radius 1 is 1.48 bits per heavy atom. The fraction of sp³-hybridized carbons (Fsp3) is 0.467. The zero-order valence-corrected chi connectivity index (χ0v) is 12.2. The molecule has 6 heteroatoms. The van der Waals surface area contributed by atoms with Crippen LogP contribution in [0.25, 0.3) is 0 Å². The molecule has 0 radical (unpaired) electrons. The van der Waals surface area contributed by atoms with Crippen LogP contribution in [0.2, 0.25) is 0 Å². The lowest BCUT2D eigenvalue weighted by Crippen LogP contribution is -2.36. The van der Waals surface area contributed by atoms with Gasteiger partial charge in [0.1, 0.15) is 0 Å². The molecule has 0 amide bonds. The van der Waals surface area contributed by atoms with E-state index in [-0.39, 0.29) is 0 Å². The van der Waals surface area contributed by atoms with E-state index in [1.54, 1.807) is 19.9 Å². The van der Waals surface area contributed by atoms with Gasteiger partial charge in [-0.25, -0.2) is 9.59 Å². The standard InChI is InChI=1S/C15H20O6/c1-4-9(2)15(19)21-13-7-8-14(18)20-12(13)6-5-11(17)10(3)16/h4-8,10-13,16-17H,1-3H3/b6-5-,9-4+/t10-,11-,12-,13-/m0/s1. The molecule has 1 rings (SSSR count). The molecular weight excluding hydrogens is 276 g/mol. The minimum absolute atomic E-state index is 0.437. The molecule has 0 saturated carbocycles. The first-order valence-electron chi connectivity index (χ1n) is 6.62. The summed E-state index contributed by atoms with van der Waals surface area (Å²) >= 11 is 0. The topological polar surface area (TPSA) is 93.1 Å². The smallest absolute Gasteiger partial charge is 0.334 e. The van der Waals surface area contributed by atoms with Crippen molar-refractivity contribution >= 4 is 11.9 Å². The minimum atomic E-state index is -1.09. The zero-order chi connectivity index (χ0) is 16.0. The highest BCUT2D eigenvalue weighted by atomic mass is 16.6. The summed E-state index contributed by atoms with van der Waals surface area (Å²) in [6.07, 6.45) is 3.24. The van der Waals surface area contributed by atoms with Crippen LogP contribution in [0.1, 0.15) is 20.8 Å². The number of esters is 2. The largest absolute Gasteiger partial charge is 0.451 e. The number of carbonyl (C=O) groups excluding carboxylic acids is 2. The predicted molar refractivity (Wildman–Crippen MR) is 75.2 cm³/mol. The second-order valence-electron chi connectivity index (χ2n) is 4.72. The van der Waals surface area contributed by atoms with Crippen LogP contribution in [0.15, 0.2) is 36.0 Å². The number of allylic oxidation sites excluding steroid dienone is 1. The molecule has 0 aromatic rings. The van der Waals surface area contributed by atoms with Crippen LogP contribution in [0.5, 0.6) is 0 Å². The molecule has 0 saturated heterocycles. The molecule has 4 atom stereocenters. The lowest BCUT2D eigenvalue weighted by atomic mass is 10.1. The van der Waals surface area contributed by atoms with E-state index in [2.05, 4.69) is 0 Å². The van der Waals surface area contributed by atoms with Gasteiger partial charge in [-0.3, -0.25) is 0 Å². The minimum Gasteiger partial charge on any atom is -0.451 e. The maximum atomic E-state index is 11.7. The van der Waals surface area contributed by atoms with E-state index < -0.39 is 36.4 Å². The maximum absolute atomic E-state index is 11.7. The third-order valence-electron chi connectivity index (χ3n) is 2.99. The summed E-state index contributed by atoms with van der Waals surface area (Å²) in [4.78, 5) is 23.0. The number of aliphatic hydroxyl groups excluding tert-OH is 2. The van der Waals surface area contributed by atoms with Gasteiger partial charge >= 0.3 is 11.9 Å². The fourth-order valence-corrected chi connectivity index (χ4v) is 1.50. The highest BCUT2D eigenvalue weighted by Crippen LogP contribution is 2.16. The number of ether oxygens (including phenoxy) is 2. The second-order valence-corrected chi connectivity index (χ2v) is 4.72. The SMILES string of the molecule is C/C=C(\C)C(=O)O[C@H]1C=CC(=O)O[C@H]1/C=C\[C@H](O)[C@H](C)O. The van der Waals surface area contributed by atoms with Crippen molar-refractivity contribution < 1.29 is 29.3 Å². The second kappa shape index (κ2) is 7.75. The summed E-state index contributed by atoms with van der Waals surface area (Å²) in [5, 5.41) is 18.7. The Labute approximate surface area is 123 Å². The molecule has 6 nitrogen and oxygen atoms in total. The lowest BCUT2D eigenvalue weighted by Gasteiger charge is -2.25. The molecule has 0 fully saturated rings. The Balaban J connectivity index is 2.81. The van der Waals surface area contributed by atoms with Crippen LogP contribution < -0.4 is 0 Å². The van der Waals surface area contributed by atoms with Crippen LogP contribution in [-0.2, 0) is 19.1 Å².